The van der Waals surface area contributed by atoms with Gasteiger partial charge < -0.3 is 11.1 Å². The van der Waals surface area contributed by atoms with Gasteiger partial charge in [0.05, 0.1) is 0 Å². The summed E-state index contributed by atoms with van der Waals surface area (Å²) in [5, 5.41) is 3.52. The third-order valence-electron chi connectivity index (χ3n) is 7.84. The van der Waals surface area contributed by atoms with Crippen molar-refractivity contribution >= 4 is 41.0 Å². The van der Waals surface area contributed by atoms with Crippen LogP contribution in [0.25, 0.3) is 0 Å². The first-order chi connectivity index (χ1) is 16.3. The molecule has 3 N–H and O–H groups in total. The van der Waals surface area contributed by atoms with Crippen LogP contribution in [-0.4, -0.2) is 46.3 Å². The number of likely N-dealkylation sites (N-methyl/N-ethyl adjacent to an activating group) is 1. The molecule has 2 heterocycles. The van der Waals surface area contributed by atoms with Crippen molar-refractivity contribution < 1.29 is 9.59 Å². The standard InChI is InChI=1S/C25H35Cl2N5O2/c1-32-23(34)25(31-24(32)28,11-10-16-6-3-2-4-7-16)15-17-8-5-9-19(12-17)29-22(33)18-13-20(26)30-21(27)14-18/h13-14,16-17,19H,2-12,15H2,1H3,(H2,28,31)(H,29,33)/t17-,19?,25?/m0/s1. The Kier molecular flexibility index (Phi) is 8.03. The second-order valence-electron chi connectivity index (χ2n) is 10.3. The average Bonchev–Trinajstić information content (AvgIpc) is 3.01. The second-order valence-corrected chi connectivity index (χ2v) is 11.1. The van der Waals surface area contributed by atoms with Crippen LogP contribution in [0.5, 0.6) is 0 Å². The molecule has 2 saturated carbocycles. The Hall–Kier alpha value is -1.86. The van der Waals surface area contributed by atoms with Gasteiger partial charge in [-0.1, -0.05) is 68.1 Å². The Morgan fingerprint density at radius 1 is 1.12 bits per heavy atom. The fraction of sp³-hybridized carbons (Fsp3) is 0.680. The number of nitrogens with zero attached hydrogens (tertiary/aromatic N) is 3. The van der Waals surface area contributed by atoms with E-state index in [0.29, 0.717) is 29.8 Å². The minimum atomic E-state index is -0.765. The number of rotatable bonds is 7. The maximum absolute atomic E-state index is 13.3. The lowest BCUT2D eigenvalue weighted by atomic mass is 9.74. The van der Waals surface area contributed by atoms with Crippen molar-refractivity contribution in [1.29, 1.82) is 0 Å². The van der Waals surface area contributed by atoms with Crippen molar-refractivity contribution in [2.45, 2.75) is 88.6 Å². The van der Waals surface area contributed by atoms with E-state index in [4.69, 9.17) is 33.9 Å². The zero-order chi connectivity index (χ0) is 24.3. The molecule has 0 bridgehead atoms. The van der Waals surface area contributed by atoms with E-state index in [9.17, 15) is 9.59 Å². The molecular weight excluding hydrogens is 473 g/mol. The molecule has 34 heavy (non-hydrogen) atoms. The molecular formula is C25H35Cl2N5O2. The van der Waals surface area contributed by atoms with E-state index in [1.165, 1.54) is 49.1 Å². The molecule has 0 radical (unpaired) electrons. The van der Waals surface area contributed by atoms with E-state index in [-0.39, 0.29) is 28.2 Å². The summed E-state index contributed by atoms with van der Waals surface area (Å²) in [5.74, 6) is 1.11. The Bertz CT molecular complexity index is 929. The van der Waals surface area contributed by atoms with Gasteiger partial charge in [0.15, 0.2) is 5.96 Å². The van der Waals surface area contributed by atoms with Gasteiger partial charge in [-0.15, -0.1) is 0 Å². The highest BCUT2D eigenvalue weighted by molar-refractivity contribution is 6.33. The highest BCUT2D eigenvalue weighted by Gasteiger charge is 2.48. The predicted octanol–water partition coefficient (Wildman–Crippen LogP) is 4.95. The minimum absolute atomic E-state index is 0.0213. The fourth-order valence-electron chi connectivity index (χ4n) is 6.02. The molecule has 1 aliphatic heterocycles. The number of amides is 2. The van der Waals surface area contributed by atoms with Crippen LogP contribution in [0.1, 0.15) is 87.4 Å². The maximum Gasteiger partial charge on any atom is 0.257 e. The normalized spacial score (nSPS) is 28.1. The number of nitrogens with one attached hydrogen (secondary N) is 1. The molecule has 2 aliphatic carbocycles. The van der Waals surface area contributed by atoms with Crippen molar-refractivity contribution in [3.8, 4) is 0 Å². The number of carbonyl (C=O) groups is 2. The van der Waals surface area contributed by atoms with Crippen molar-refractivity contribution in [1.82, 2.24) is 15.2 Å². The zero-order valence-electron chi connectivity index (χ0n) is 19.9. The molecule has 3 aliphatic rings. The van der Waals surface area contributed by atoms with Crippen LogP contribution >= 0.6 is 23.2 Å². The van der Waals surface area contributed by atoms with E-state index >= 15 is 0 Å². The van der Waals surface area contributed by atoms with Crippen LogP contribution in [0.15, 0.2) is 17.1 Å². The summed E-state index contributed by atoms with van der Waals surface area (Å²) in [4.78, 5) is 36.3. The van der Waals surface area contributed by atoms with Crippen molar-refractivity contribution in [2.75, 3.05) is 7.05 Å². The molecule has 4 rings (SSSR count). The second kappa shape index (κ2) is 10.8. The summed E-state index contributed by atoms with van der Waals surface area (Å²) in [6.07, 6.45) is 12.6. The highest BCUT2D eigenvalue weighted by Crippen LogP contribution is 2.40. The van der Waals surface area contributed by atoms with Gasteiger partial charge in [0.1, 0.15) is 15.8 Å². The number of hydrogen-bond donors (Lipinski definition) is 2. The van der Waals surface area contributed by atoms with Gasteiger partial charge >= 0.3 is 0 Å². The summed E-state index contributed by atoms with van der Waals surface area (Å²) in [6.45, 7) is 0. The number of halogens is 2. The Morgan fingerprint density at radius 2 is 1.79 bits per heavy atom. The number of aliphatic imine (C=N–C) groups is 1. The van der Waals surface area contributed by atoms with E-state index in [1.807, 2.05) is 0 Å². The number of pyridine rings is 1. The Labute approximate surface area is 211 Å². The third kappa shape index (κ3) is 5.85. The van der Waals surface area contributed by atoms with Crippen molar-refractivity contribution in [3.63, 3.8) is 0 Å². The average molecular weight is 508 g/mol. The molecule has 2 fully saturated rings. The van der Waals surface area contributed by atoms with Crippen LogP contribution in [0, 0.1) is 11.8 Å². The van der Waals surface area contributed by atoms with E-state index < -0.39 is 5.54 Å². The van der Waals surface area contributed by atoms with Crippen molar-refractivity contribution in [2.24, 2.45) is 22.6 Å². The molecule has 2 amide bonds. The van der Waals surface area contributed by atoms with Gasteiger partial charge in [0.25, 0.3) is 11.8 Å². The van der Waals surface area contributed by atoms with Crippen LogP contribution in [-0.2, 0) is 4.79 Å². The third-order valence-corrected chi connectivity index (χ3v) is 8.22. The number of hydrogen-bond acceptors (Lipinski definition) is 5. The van der Waals surface area contributed by atoms with Gasteiger partial charge in [-0.25, -0.2) is 9.98 Å². The lowest BCUT2D eigenvalue weighted by molar-refractivity contribution is -0.131. The lowest BCUT2D eigenvalue weighted by Crippen LogP contribution is -2.45. The Morgan fingerprint density at radius 3 is 2.44 bits per heavy atom. The van der Waals surface area contributed by atoms with E-state index in [0.717, 1.165) is 38.5 Å². The first-order valence-corrected chi connectivity index (χ1v) is 13.3. The van der Waals surface area contributed by atoms with Gasteiger partial charge in [0, 0.05) is 18.7 Å². The first kappa shape index (κ1) is 25.2. The summed E-state index contributed by atoms with van der Waals surface area (Å²) in [7, 11) is 1.72. The molecule has 2 unspecified atom stereocenters. The van der Waals surface area contributed by atoms with Gasteiger partial charge in [-0.3, -0.25) is 14.5 Å². The summed E-state index contributed by atoms with van der Waals surface area (Å²) >= 11 is 11.9. The highest BCUT2D eigenvalue weighted by atomic mass is 35.5. The topological polar surface area (TPSA) is 101 Å². The SMILES string of the molecule is CN1C(=O)C(CCC2CCCCC2)(C[C@H]2CCCC(NC(=O)c3cc(Cl)nc(Cl)c3)C2)N=C1N. The molecule has 0 spiro atoms. The number of guanidine groups is 1. The summed E-state index contributed by atoms with van der Waals surface area (Å²) in [6, 6.07) is 3.07. The Balaban J connectivity index is 1.42. The van der Waals surface area contributed by atoms with Gasteiger partial charge in [-0.05, 0) is 56.1 Å². The molecule has 1 aromatic rings. The fourth-order valence-corrected chi connectivity index (χ4v) is 6.49. The largest absolute Gasteiger partial charge is 0.369 e. The number of nitrogens with two attached hydrogens (primary N) is 1. The van der Waals surface area contributed by atoms with Crippen LogP contribution in [0.2, 0.25) is 10.3 Å². The van der Waals surface area contributed by atoms with Crippen molar-refractivity contribution in [3.05, 3.63) is 28.0 Å². The lowest BCUT2D eigenvalue weighted by Gasteiger charge is -2.35. The molecule has 1 aromatic heterocycles. The van der Waals surface area contributed by atoms with Gasteiger partial charge in [-0.2, -0.15) is 0 Å². The molecule has 9 heteroatoms. The van der Waals surface area contributed by atoms with Crippen LogP contribution in [0.4, 0.5) is 0 Å². The van der Waals surface area contributed by atoms with E-state index in [2.05, 4.69) is 10.3 Å². The molecule has 0 aromatic carbocycles. The first-order valence-electron chi connectivity index (χ1n) is 12.5. The minimum Gasteiger partial charge on any atom is -0.369 e. The molecule has 3 atom stereocenters. The maximum atomic E-state index is 13.3. The summed E-state index contributed by atoms with van der Waals surface area (Å²) in [5.41, 5.74) is 5.75. The molecule has 0 saturated heterocycles. The van der Waals surface area contributed by atoms with E-state index in [1.54, 1.807) is 7.05 Å². The summed E-state index contributed by atoms with van der Waals surface area (Å²) < 4.78 is 0. The monoisotopic (exact) mass is 507 g/mol. The predicted molar refractivity (Wildman–Crippen MR) is 135 cm³/mol. The molecule has 186 valence electrons. The molecule has 7 nitrogen and oxygen atoms in total. The quantitative estimate of drug-likeness (QED) is 0.509. The smallest absolute Gasteiger partial charge is 0.257 e. The van der Waals surface area contributed by atoms with Gasteiger partial charge in [0.2, 0.25) is 0 Å². The number of carbonyl (C=O) groups excluding carboxylic acids is 2. The van der Waals surface area contributed by atoms with Crippen LogP contribution in [0.3, 0.4) is 0 Å². The number of aromatic nitrogens is 1. The van der Waals surface area contributed by atoms with Crippen LogP contribution < -0.4 is 11.1 Å². The zero-order valence-corrected chi connectivity index (χ0v) is 21.4.